The third kappa shape index (κ3) is 1.57. The van der Waals surface area contributed by atoms with Crippen molar-refractivity contribution in [2.24, 2.45) is 11.7 Å². The smallest absolute Gasteiger partial charge is 0.00744 e. The van der Waals surface area contributed by atoms with Crippen molar-refractivity contribution in [3.8, 4) is 0 Å². The van der Waals surface area contributed by atoms with Gasteiger partial charge in [0.25, 0.3) is 0 Å². The number of hydrogen-bond acceptors (Lipinski definition) is 1. The van der Waals surface area contributed by atoms with Crippen LogP contribution in [0.25, 0.3) is 0 Å². The SMILES string of the molecule is Cc1ccc(C)c2c1CC(CCN)C2. The lowest BCUT2D eigenvalue weighted by atomic mass is 10.0. The van der Waals surface area contributed by atoms with Crippen molar-refractivity contribution >= 4 is 0 Å². The number of fused-ring (bicyclic) bond motifs is 1. The average molecular weight is 189 g/mol. The molecular formula is C13H19N. The van der Waals surface area contributed by atoms with Crippen molar-refractivity contribution in [3.05, 3.63) is 34.4 Å². The molecule has 2 rings (SSSR count). The Morgan fingerprint density at radius 3 is 2.07 bits per heavy atom. The predicted octanol–water partition coefficient (Wildman–Crippen LogP) is 2.37. The number of hydrogen-bond donors (Lipinski definition) is 1. The molecule has 0 aliphatic heterocycles. The Hall–Kier alpha value is -0.820. The molecule has 1 aliphatic carbocycles. The van der Waals surface area contributed by atoms with Crippen molar-refractivity contribution in [3.63, 3.8) is 0 Å². The number of nitrogens with two attached hydrogens (primary N) is 1. The highest BCUT2D eigenvalue weighted by atomic mass is 14.5. The minimum absolute atomic E-state index is 0.801. The summed E-state index contributed by atoms with van der Waals surface area (Å²) in [4.78, 5) is 0. The summed E-state index contributed by atoms with van der Waals surface area (Å²) < 4.78 is 0. The lowest BCUT2D eigenvalue weighted by molar-refractivity contribution is 0.521. The summed E-state index contributed by atoms with van der Waals surface area (Å²) in [7, 11) is 0. The molecule has 1 aliphatic rings. The molecule has 1 nitrogen and oxygen atoms in total. The van der Waals surface area contributed by atoms with E-state index in [1.807, 2.05) is 0 Å². The first-order valence-electron chi connectivity index (χ1n) is 5.50. The Kier molecular flexibility index (Phi) is 2.60. The highest BCUT2D eigenvalue weighted by Gasteiger charge is 2.23. The fourth-order valence-electron chi connectivity index (χ4n) is 2.58. The number of aryl methyl sites for hydroxylation is 2. The van der Waals surface area contributed by atoms with Crippen LogP contribution in [-0.4, -0.2) is 6.54 Å². The fraction of sp³-hybridized carbons (Fsp3) is 0.538. The summed E-state index contributed by atoms with van der Waals surface area (Å²) >= 11 is 0. The first-order chi connectivity index (χ1) is 6.72. The van der Waals surface area contributed by atoms with Crippen LogP contribution >= 0.6 is 0 Å². The second kappa shape index (κ2) is 3.74. The van der Waals surface area contributed by atoms with Crippen LogP contribution in [0.15, 0.2) is 12.1 Å². The van der Waals surface area contributed by atoms with Gasteiger partial charge < -0.3 is 5.73 Å². The first kappa shape index (κ1) is 9.72. The highest BCUT2D eigenvalue weighted by molar-refractivity contribution is 5.43. The van der Waals surface area contributed by atoms with Crippen LogP contribution in [0, 0.1) is 19.8 Å². The molecule has 2 N–H and O–H groups in total. The molecule has 14 heavy (non-hydrogen) atoms. The van der Waals surface area contributed by atoms with Crippen molar-refractivity contribution < 1.29 is 0 Å². The van der Waals surface area contributed by atoms with Gasteiger partial charge in [0, 0.05) is 0 Å². The van der Waals surface area contributed by atoms with Gasteiger partial charge in [0.15, 0.2) is 0 Å². The summed E-state index contributed by atoms with van der Waals surface area (Å²) in [5, 5.41) is 0. The van der Waals surface area contributed by atoms with Gasteiger partial charge in [0.2, 0.25) is 0 Å². The molecule has 0 heterocycles. The van der Waals surface area contributed by atoms with Crippen LogP contribution in [0.3, 0.4) is 0 Å². The van der Waals surface area contributed by atoms with Gasteiger partial charge in [-0.05, 0) is 67.8 Å². The summed E-state index contributed by atoms with van der Waals surface area (Å²) in [5.41, 5.74) is 11.7. The maximum absolute atomic E-state index is 5.62. The molecule has 76 valence electrons. The first-order valence-corrected chi connectivity index (χ1v) is 5.50. The molecule has 0 radical (unpaired) electrons. The maximum Gasteiger partial charge on any atom is -0.00744 e. The average Bonchev–Trinajstić information content (AvgIpc) is 2.57. The largest absolute Gasteiger partial charge is 0.330 e. The zero-order valence-electron chi connectivity index (χ0n) is 9.14. The van der Waals surface area contributed by atoms with E-state index in [9.17, 15) is 0 Å². The molecule has 0 amide bonds. The lowest BCUT2D eigenvalue weighted by Gasteiger charge is -2.05. The summed E-state index contributed by atoms with van der Waals surface area (Å²) in [6, 6.07) is 4.50. The zero-order valence-corrected chi connectivity index (χ0v) is 9.14. The van der Waals surface area contributed by atoms with E-state index in [0.717, 1.165) is 12.5 Å². The van der Waals surface area contributed by atoms with E-state index >= 15 is 0 Å². The topological polar surface area (TPSA) is 26.0 Å². The van der Waals surface area contributed by atoms with Crippen LogP contribution in [0.1, 0.15) is 28.7 Å². The minimum Gasteiger partial charge on any atom is -0.330 e. The molecule has 1 heteroatoms. The number of rotatable bonds is 2. The van der Waals surface area contributed by atoms with Crippen LogP contribution in [0.5, 0.6) is 0 Å². The standard InChI is InChI=1S/C13H19N/c1-9-3-4-10(2)13-8-11(5-6-14)7-12(9)13/h3-4,11H,5-8,14H2,1-2H3. The Bertz CT molecular complexity index is 310. The summed E-state index contributed by atoms with van der Waals surface area (Å²) in [6.45, 7) is 5.28. The van der Waals surface area contributed by atoms with Gasteiger partial charge in [-0.1, -0.05) is 12.1 Å². The highest BCUT2D eigenvalue weighted by Crippen LogP contribution is 2.32. The van der Waals surface area contributed by atoms with Gasteiger partial charge in [-0.25, -0.2) is 0 Å². The van der Waals surface area contributed by atoms with Crippen LogP contribution in [-0.2, 0) is 12.8 Å². The van der Waals surface area contributed by atoms with Crippen molar-refractivity contribution in [1.82, 2.24) is 0 Å². The predicted molar refractivity (Wildman–Crippen MR) is 60.5 cm³/mol. The number of benzene rings is 1. The molecule has 0 spiro atoms. The zero-order chi connectivity index (χ0) is 10.1. The summed E-state index contributed by atoms with van der Waals surface area (Å²) in [6.07, 6.45) is 3.67. The molecule has 0 saturated heterocycles. The Morgan fingerprint density at radius 1 is 1.14 bits per heavy atom. The Labute approximate surface area is 86.3 Å². The van der Waals surface area contributed by atoms with Gasteiger partial charge in [0.05, 0.1) is 0 Å². The van der Waals surface area contributed by atoms with E-state index in [-0.39, 0.29) is 0 Å². The molecular weight excluding hydrogens is 170 g/mol. The normalized spacial score (nSPS) is 15.9. The molecule has 1 aromatic carbocycles. The van der Waals surface area contributed by atoms with Crippen LogP contribution in [0.4, 0.5) is 0 Å². The monoisotopic (exact) mass is 189 g/mol. The van der Waals surface area contributed by atoms with E-state index in [1.54, 1.807) is 11.1 Å². The second-order valence-corrected chi connectivity index (χ2v) is 4.51. The molecule has 0 atom stereocenters. The molecule has 0 unspecified atom stereocenters. The van der Waals surface area contributed by atoms with Gasteiger partial charge in [-0.2, -0.15) is 0 Å². The lowest BCUT2D eigenvalue weighted by Crippen LogP contribution is -2.08. The van der Waals surface area contributed by atoms with E-state index in [2.05, 4.69) is 26.0 Å². The minimum atomic E-state index is 0.801. The van der Waals surface area contributed by atoms with Crippen LogP contribution < -0.4 is 5.73 Å². The quantitative estimate of drug-likeness (QED) is 0.759. The van der Waals surface area contributed by atoms with Crippen molar-refractivity contribution in [2.75, 3.05) is 6.54 Å². The summed E-state index contributed by atoms with van der Waals surface area (Å²) in [5.74, 6) is 0.801. The van der Waals surface area contributed by atoms with Crippen molar-refractivity contribution in [2.45, 2.75) is 33.1 Å². The van der Waals surface area contributed by atoms with Gasteiger partial charge in [0.1, 0.15) is 0 Å². The molecule has 1 aromatic rings. The Morgan fingerprint density at radius 2 is 1.64 bits per heavy atom. The van der Waals surface area contributed by atoms with Gasteiger partial charge in [-0.15, -0.1) is 0 Å². The molecule has 0 saturated carbocycles. The van der Waals surface area contributed by atoms with E-state index in [0.29, 0.717) is 0 Å². The Balaban J connectivity index is 2.29. The van der Waals surface area contributed by atoms with Crippen molar-refractivity contribution in [1.29, 1.82) is 0 Å². The second-order valence-electron chi connectivity index (χ2n) is 4.51. The molecule has 0 bridgehead atoms. The fourth-order valence-corrected chi connectivity index (χ4v) is 2.58. The van der Waals surface area contributed by atoms with E-state index in [4.69, 9.17) is 5.73 Å². The third-order valence-electron chi connectivity index (χ3n) is 3.46. The van der Waals surface area contributed by atoms with Gasteiger partial charge in [-0.3, -0.25) is 0 Å². The molecule has 0 fully saturated rings. The van der Waals surface area contributed by atoms with Crippen LogP contribution in [0.2, 0.25) is 0 Å². The van der Waals surface area contributed by atoms with E-state index in [1.165, 1.54) is 30.4 Å². The molecule has 0 aromatic heterocycles. The third-order valence-corrected chi connectivity index (χ3v) is 3.46. The van der Waals surface area contributed by atoms with E-state index < -0.39 is 0 Å². The van der Waals surface area contributed by atoms with Gasteiger partial charge >= 0.3 is 0 Å². The maximum atomic E-state index is 5.62.